The Morgan fingerprint density at radius 1 is 0.609 bits per heavy atom. The highest BCUT2D eigenvalue weighted by molar-refractivity contribution is 6.19. The van der Waals surface area contributed by atoms with Gasteiger partial charge in [-0.15, -0.1) is 23.2 Å². The number of ether oxygens (including phenoxy) is 2. The van der Waals surface area contributed by atoms with Crippen LogP contribution in [0.5, 0.6) is 0 Å². The summed E-state index contributed by atoms with van der Waals surface area (Å²) in [4.78, 5) is 41.8. The highest BCUT2D eigenvalue weighted by Crippen LogP contribution is 2.37. The first-order chi connectivity index (χ1) is 22.1. The topological polar surface area (TPSA) is 110 Å². The summed E-state index contributed by atoms with van der Waals surface area (Å²) in [6.07, 6.45) is 2.85. The van der Waals surface area contributed by atoms with E-state index in [2.05, 4.69) is 61.9 Å². The first-order valence-corrected chi connectivity index (χ1v) is 16.6. The van der Waals surface area contributed by atoms with Crippen molar-refractivity contribution in [2.75, 3.05) is 26.0 Å². The molecule has 2 aliphatic rings. The van der Waals surface area contributed by atoms with Gasteiger partial charge in [0.05, 0.1) is 37.0 Å². The molecule has 5 heterocycles. The van der Waals surface area contributed by atoms with E-state index in [-0.39, 0.29) is 24.8 Å². The first-order valence-electron chi connectivity index (χ1n) is 15.5. The number of nitrogens with one attached hydrogen (secondary N) is 2. The molecule has 2 aliphatic heterocycles. The van der Waals surface area contributed by atoms with E-state index in [1.807, 2.05) is 0 Å². The van der Waals surface area contributed by atoms with Gasteiger partial charge in [0.1, 0.15) is 0 Å². The maximum absolute atomic E-state index is 12.2. The number of carbonyl (C=O) groups is 2. The minimum absolute atomic E-state index is 0.249. The zero-order valence-electron chi connectivity index (χ0n) is 27.2. The Morgan fingerprint density at radius 2 is 1.02 bits per heavy atom. The Labute approximate surface area is 279 Å². The van der Waals surface area contributed by atoms with E-state index in [0.29, 0.717) is 37.4 Å². The predicted molar refractivity (Wildman–Crippen MR) is 187 cm³/mol. The van der Waals surface area contributed by atoms with Crippen molar-refractivity contribution in [2.45, 2.75) is 66.2 Å². The molecule has 3 aromatic rings. The SMILES string of the molecule is COC(=O)CCc1c(C)c2cc3[nH]c(cc4nc(cc5nc(cc1[nH]2)C(C)=C5CCCl)C(C)=C4CCCl)c(C)c3CCC(=O)OC. The quantitative estimate of drug-likeness (QED) is 0.167. The van der Waals surface area contributed by atoms with Crippen molar-refractivity contribution >= 4 is 79.5 Å². The van der Waals surface area contributed by atoms with Crippen LogP contribution in [0.1, 0.15) is 84.6 Å². The van der Waals surface area contributed by atoms with Crippen LogP contribution in [-0.4, -0.2) is 57.9 Å². The number of fused-ring (bicyclic) bond motifs is 8. The Balaban J connectivity index is 1.90. The van der Waals surface area contributed by atoms with E-state index in [9.17, 15) is 9.59 Å². The second kappa shape index (κ2) is 14.3. The fourth-order valence-electron chi connectivity index (χ4n) is 6.34. The largest absolute Gasteiger partial charge is 0.469 e. The van der Waals surface area contributed by atoms with Gasteiger partial charge in [0.15, 0.2) is 0 Å². The molecule has 0 unspecified atom stereocenters. The number of halogens is 2. The molecule has 10 heteroatoms. The van der Waals surface area contributed by atoms with Crippen LogP contribution >= 0.6 is 23.2 Å². The lowest BCUT2D eigenvalue weighted by atomic mass is 10.0. The van der Waals surface area contributed by atoms with Crippen molar-refractivity contribution in [1.29, 1.82) is 0 Å². The molecule has 8 bridgehead atoms. The van der Waals surface area contributed by atoms with Gasteiger partial charge in [-0.3, -0.25) is 9.59 Å². The van der Waals surface area contributed by atoms with Gasteiger partial charge in [-0.2, -0.15) is 0 Å². The molecule has 46 heavy (non-hydrogen) atoms. The van der Waals surface area contributed by atoms with Crippen LogP contribution in [0.15, 0.2) is 24.3 Å². The van der Waals surface area contributed by atoms with Crippen LogP contribution in [0.2, 0.25) is 0 Å². The van der Waals surface area contributed by atoms with Gasteiger partial charge < -0.3 is 19.4 Å². The molecule has 0 fully saturated rings. The maximum Gasteiger partial charge on any atom is 0.305 e. The standard InChI is InChI=1S/C36H40Cl2N4O4/c1-19-23(7-9-35(43)45-5)32-16-29-21(3)25(11-13-37)34(41-29)18-30-22(4)26(12-14-38)33(42-30)17-28-20(2)24(8-10-36(44)46-6)31(40-28)15-27(19)39-32/h15-18,39-40H,7-14H2,1-6H3. The molecule has 0 radical (unpaired) electrons. The lowest BCUT2D eigenvalue weighted by Gasteiger charge is -2.03. The van der Waals surface area contributed by atoms with Crippen molar-refractivity contribution in [2.24, 2.45) is 0 Å². The monoisotopic (exact) mass is 662 g/mol. The average molecular weight is 664 g/mol. The number of carbonyl (C=O) groups excluding carboxylic acids is 2. The van der Waals surface area contributed by atoms with Gasteiger partial charge in [-0.1, -0.05) is 0 Å². The van der Waals surface area contributed by atoms with E-state index in [1.165, 1.54) is 14.2 Å². The number of rotatable bonds is 10. The number of aromatic amines is 2. The number of methoxy groups -OCH3 is 2. The van der Waals surface area contributed by atoms with Crippen molar-refractivity contribution in [3.63, 3.8) is 0 Å². The minimum Gasteiger partial charge on any atom is -0.469 e. The summed E-state index contributed by atoms with van der Waals surface area (Å²) in [5, 5.41) is 0. The number of nitrogens with zero attached hydrogens (tertiary/aromatic N) is 2. The summed E-state index contributed by atoms with van der Waals surface area (Å²) in [7, 11) is 2.81. The summed E-state index contributed by atoms with van der Waals surface area (Å²) >= 11 is 12.6. The van der Waals surface area contributed by atoms with Crippen LogP contribution in [0.4, 0.5) is 0 Å². The number of esters is 2. The number of hydrogen-bond acceptors (Lipinski definition) is 6. The van der Waals surface area contributed by atoms with Crippen LogP contribution < -0.4 is 0 Å². The summed E-state index contributed by atoms with van der Waals surface area (Å²) in [5.74, 6) is 0.400. The lowest BCUT2D eigenvalue weighted by molar-refractivity contribution is -0.141. The number of hydrogen-bond donors (Lipinski definition) is 2. The Hall–Kier alpha value is -3.88. The molecular weight excluding hydrogens is 623 g/mol. The number of allylic oxidation sites excluding steroid dienone is 4. The molecule has 242 valence electrons. The zero-order valence-corrected chi connectivity index (χ0v) is 28.8. The molecule has 0 spiro atoms. The Bertz CT molecular complexity index is 1930. The minimum atomic E-state index is -0.269. The molecule has 2 N–H and O–H groups in total. The van der Waals surface area contributed by atoms with Gasteiger partial charge in [0.25, 0.3) is 0 Å². The van der Waals surface area contributed by atoms with E-state index in [0.717, 1.165) is 89.4 Å². The third kappa shape index (κ3) is 6.65. The van der Waals surface area contributed by atoms with Crippen LogP contribution in [0.3, 0.4) is 0 Å². The molecule has 0 aliphatic carbocycles. The van der Waals surface area contributed by atoms with Crippen LogP contribution in [-0.2, 0) is 31.9 Å². The summed E-state index contributed by atoms with van der Waals surface area (Å²) in [5.41, 5.74) is 15.3. The highest BCUT2D eigenvalue weighted by atomic mass is 35.5. The van der Waals surface area contributed by atoms with Gasteiger partial charge in [0, 0.05) is 46.7 Å². The highest BCUT2D eigenvalue weighted by Gasteiger charge is 2.22. The lowest BCUT2D eigenvalue weighted by Crippen LogP contribution is -2.02. The molecule has 0 aromatic carbocycles. The summed E-state index contributed by atoms with van der Waals surface area (Å²) < 4.78 is 9.92. The fourth-order valence-corrected chi connectivity index (χ4v) is 6.72. The molecule has 0 amide bonds. The third-order valence-corrected chi connectivity index (χ3v) is 9.48. The van der Waals surface area contributed by atoms with Crippen LogP contribution in [0.25, 0.3) is 44.4 Å². The molecule has 3 aromatic heterocycles. The maximum atomic E-state index is 12.2. The van der Waals surface area contributed by atoms with Crippen molar-refractivity contribution in [1.82, 2.24) is 19.9 Å². The fraction of sp³-hybridized carbons (Fsp3) is 0.389. The molecule has 0 atom stereocenters. The van der Waals surface area contributed by atoms with Crippen molar-refractivity contribution < 1.29 is 19.1 Å². The summed E-state index contributed by atoms with van der Waals surface area (Å²) in [6.45, 7) is 8.26. The Kier molecular flexibility index (Phi) is 10.4. The van der Waals surface area contributed by atoms with E-state index in [4.69, 9.17) is 42.6 Å². The average Bonchev–Trinajstić information content (AvgIpc) is 3.69. The smallest absolute Gasteiger partial charge is 0.305 e. The second-order valence-electron chi connectivity index (χ2n) is 11.7. The van der Waals surface area contributed by atoms with E-state index < -0.39 is 0 Å². The van der Waals surface area contributed by atoms with Gasteiger partial charge in [-0.25, -0.2) is 9.97 Å². The molecular formula is C36H40Cl2N4O4. The number of alkyl halides is 2. The van der Waals surface area contributed by atoms with Gasteiger partial charge >= 0.3 is 11.9 Å². The van der Waals surface area contributed by atoms with Crippen LogP contribution in [0, 0.1) is 13.8 Å². The number of H-pyrrole nitrogens is 2. The normalized spacial score (nSPS) is 13.0. The number of aryl methyl sites for hydroxylation is 4. The van der Waals surface area contributed by atoms with Crippen molar-refractivity contribution in [3.05, 3.63) is 69.3 Å². The molecule has 8 nitrogen and oxygen atoms in total. The first kappa shape index (κ1) is 33.5. The Morgan fingerprint density at radius 3 is 1.50 bits per heavy atom. The van der Waals surface area contributed by atoms with E-state index >= 15 is 0 Å². The third-order valence-electron chi connectivity index (χ3n) is 9.10. The number of aromatic nitrogens is 4. The predicted octanol–water partition coefficient (Wildman–Crippen LogP) is 8.26. The second-order valence-corrected chi connectivity index (χ2v) is 12.4. The summed E-state index contributed by atoms with van der Waals surface area (Å²) in [6, 6.07) is 8.26. The van der Waals surface area contributed by atoms with E-state index in [1.54, 1.807) is 0 Å². The molecule has 0 saturated carbocycles. The molecule has 5 rings (SSSR count). The van der Waals surface area contributed by atoms with Gasteiger partial charge in [-0.05, 0) is 122 Å². The molecule has 0 saturated heterocycles. The van der Waals surface area contributed by atoms with Crippen molar-refractivity contribution in [3.8, 4) is 0 Å². The zero-order chi connectivity index (χ0) is 33.1. The van der Waals surface area contributed by atoms with Gasteiger partial charge in [0.2, 0.25) is 0 Å².